The summed E-state index contributed by atoms with van der Waals surface area (Å²) in [4.78, 5) is 38.4. The van der Waals surface area contributed by atoms with Crippen LogP contribution in [0.15, 0.2) is 30.3 Å². The van der Waals surface area contributed by atoms with E-state index in [0.717, 1.165) is 13.0 Å². The Bertz CT molecular complexity index is 749. The number of nitrogens with one attached hydrogen (secondary N) is 3. The molecule has 1 aromatic rings. The molecule has 3 atom stereocenters. The van der Waals surface area contributed by atoms with Gasteiger partial charge in [0.25, 0.3) is 0 Å². The van der Waals surface area contributed by atoms with Crippen LogP contribution in [-0.2, 0) is 14.3 Å². The molecule has 0 bridgehead atoms. The van der Waals surface area contributed by atoms with Gasteiger partial charge in [-0.3, -0.25) is 10.1 Å². The molecule has 0 saturated carbocycles. The average molecular weight is 404 g/mol. The maximum atomic E-state index is 12.7. The average Bonchev–Trinajstić information content (AvgIpc) is 3.23. The smallest absolute Gasteiger partial charge is 0.412 e. The fraction of sp³-hybridized carbons (Fsp3) is 0.550. The van der Waals surface area contributed by atoms with Crippen LogP contribution in [0.25, 0.3) is 0 Å². The molecule has 1 aromatic carbocycles. The van der Waals surface area contributed by atoms with Crippen LogP contribution in [0.5, 0.6) is 0 Å². The van der Waals surface area contributed by atoms with Gasteiger partial charge in [0.2, 0.25) is 5.91 Å². The summed E-state index contributed by atoms with van der Waals surface area (Å²) >= 11 is 0. The Balaban J connectivity index is 1.54. The minimum atomic E-state index is -0.638. The maximum Gasteiger partial charge on any atom is 0.412 e. The highest BCUT2D eigenvalue weighted by atomic mass is 16.6. The van der Waals surface area contributed by atoms with Crippen molar-refractivity contribution >= 4 is 23.8 Å². The second-order valence-electron chi connectivity index (χ2n) is 8.17. The lowest BCUT2D eigenvalue weighted by Gasteiger charge is -2.24. The van der Waals surface area contributed by atoms with E-state index in [9.17, 15) is 14.4 Å². The number of likely N-dealkylation sites (tertiary alicyclic amines) is 1. The third-order valence-corrected chi connectivity index (χ3v) is 4.79. The number of para-hydroxylation sites is 1. The standard InChI is InChI=1S/C20H28N4O5/c1-20(2,3)29-18(26)22-11-16(25)24-12-15(17-14(24)9-10-21-17)28-19(27)23-13-7-5-4-6-8-13/h4-8,14-15,17,21H,9-12H2,1-3H3,(H,22,26)(H,23,27). The topological polar surface area (TPSA) is 109 Å². The Kier molecular flexibility index (Phi) is 6.26. The summed E-state index contributed by atoms with van der Waals surface area (Å²) in [7, 11) is 0. The Labute approximate surface area is 170 Å². The lowest BCUT2D eigenvalue weighted by molar-refractivity contribution is -0.131. The monoisotopic (exact) mass is 404 g/mol. The summed E-state index contributed by atoms with van der Waals surface area (Å²) in [6, 6.07) is 8.83. The summed E-state index contributed by atoms with van der Waals surface area (Å²) in [5.41, 5.74) is 0.00710. The summed E-state index contributed by atoms with van der Waals surface area (Å²) in [5, 5.41) is 8.49. The van der Waals surface area contributed by atoms with Gasteiger partial charge >= 0.3 is 12.2 Å². The van der Waals surface area contributed by atoms with E-state index in [4.69, 9.17) is 9.47 Å². The normalized spacial score (nSPS) is 23.3. The molecule has 3 unspecified atom stereocenters. The fourth-order valence-electron chi connectivity index (χ4n) is 3.65. The van der Waals surface area contributed by atoms with Crippen LogP contribution >= 0.6 is 0 Å². The van der Waals surface area contributed by atoms with Crippen molar-refractivity contribution in [3.05, 3.63) is 30.3 Å². The van der Waals surface area contributed by atoms with Crippen LogP contribution in [0.4, 0.5) is 15.3 Å². The van der Waals surface area contributed by atoms with Gasteiger partial charge in [-0.1, -0.05) is 18.2 Å². The Morgan fingerprint density at radius 2 is 1.90 bits per heavy atom. The fourth-order valence-corrected chi connectivity index (χ4v) is 3.65. The highest BCUT2D eigenvalue weighted by molar-refractivity contribution is 5.85. The maximum absolute atomic E-state index is 12.7. The van der Waals surface area contributed by atoms with Crippen molar-refractivity contribution in [3.8, 4) is 0 Å². The first-order chi connectivity index (χ1) is 13.7. The van der Waals surface area contributed by atoms with Gasteiger partial charge in [-0.05, 0) is 45.9 Å². The van der Waals surface area contributed by atoms with Crippen molar-refractivity contribution in [1.29, 1.82) is 0 Å². The van der Waals surface area contributed by atoms with Crippen molar-refractivity contribution in [1.82, 2.24) is 15.5 Å². The molecular formula is C20H28N4O5. The zero-order valence-electron chi connectivity index (χ0n) is 16.9. The minimum absolute atomic E-state index is 0.0718. The predicted octanol–water partition coefficient (Wildman–Crippen LogP) is 1.70. The molecule has 2 aliphatic rings. The molecule has 0 radical (unpaired) electrons. The third kappa shape index (κ3) is 5.60. The first-order valence-electron chi connectivity index (χ1n) is 9.75. The van der Waals surface area contributed by atoms with E-state index >= 15 is 0 Å². The number of hydrogen-bond acceptors (Lipinski definition) is 6. The van der Waals surface area contributed by atoms with Crippen molar-refractivity contribution in [2.24, 2.45) is 0 Å². The highest BCUT2D eigenvalue weighted by Crippen LogP contribution is 2.27. The molecule has 2 heterocycles. The number of nitrogens with zero attached hydrogens (tertiary/aromatic N) is 1. The molecule has 0 aromatic heterocycles. The SMILES string of the molecule is CC(C)(C)OC(=O)NCC(=O)N1CC(OC(=O)Nc2ccccc2)C2NCCC21. The molecule has 2 fully saturated rings. The Hall–Kier alpha value is -2.81. The molecule has 2 aliphatic heterocycles. The lowest BCUT2D eigenvalue weighted by Crippen LogP contribution is -2.45. The largest absolute Gasteiger partial charge is 0.444 e. The molecule has 3 N–H and O–H groups in total. The summed E-state index contributed by atoms with van der Waals surface area (Å²) in [6.45, 7) is 6.11. The van der Waals surface area contributed by atoms with Crippen LogP contribution in [0, 0.1) is 0 Å². The van der Waals surface area contributed by atoms with Gasteiger partial charge in [-0.25, -0.2) is 9.59 Å². The zero-order valence-corrected chi connectivity index (χ0v) is 16.9. The number of anilines is 1. The molecule has 158 valence electrons. The Morgan fingerprint density at radius 1 is 1.17 bits per heavy atom. The second kappa shape index (κ2) is 8.69. The van der Waals surface area contributed by atoms with Gasteiger partial charge in [-0.2, -0.15) is 0 Å². The van der Waals surface area contributed by atoms with Gasteiger partial charge in [0, 0.05) is 5.69 Å². The number of carbonyl (C=O) groups is 3. The molecule has 3 amide bonds. The van der Waals surface area contributed by atoms with Gasteiger partial charge in [0.05, 0.1) is 18.6 Å². The lowest BCUT2D eigenvalue weighted by atomic mass is 10.1. The Morgan fingerprint density at radius 3 is 2.59 bits per heavy atom. The van der Waals surface area contributed by atoms with Crippen LogP contribution in [0.1, 0.15) is 27.2 Å². The highest BCUT2D eigenvalue weighted by Gasteiger charge is 2.48. The summed E-state index contributed by atoms with van der Waals surface area (Å²) in [5.74, 6) is -0.232. The quantitative estimate of drug-likeness (QED) is 0.705. The van der Waals surface area contributed by atoms with E-state index < -0.39 is 23.9 Å². The van der Waals surface area contributed by atoms with Crippen LogP contribution in [-0.4, -0.2) is 66.4 Å². The van der Waals surface area contributed by atoms with Crippen molar-refractivity contribution < 1.29 is 23.9 Å². The van der Waals surface area contributed by atoms with Gasteiger partial charge in [-0.15, -0.1) is 0 Å². The first-order valence-corrected chi connectivity index (χ1v) is 9.75. The number of benzene rings is 1. The van der Waals surface area contributed by atoms with E-state index in [1.165, 1.54) is 0 Å². The molecule has 0 aliphatic carbocycles. The minimum Gasteiger partial charge on any atom is -0.444 e. The van der Waals surface area contributed by atoms with Crippen LogP contribution < -0.4 is 16.0 Å². The zero-order chi connectivity index (χ0) is 21.0. The number of amides is 3. The van der Waals surface area contributed by atoms with E-state index in [2.05, 4.69) is 16.0 Å². The number of alkyl carbamates (subject to hydrolysis) is 1. The van der Waals surface area contributed by atoms with E-state index in [1.807, 2.05) is 18.2 Å². The van der Waals surface area contributed by atoms with Gasteiger partial charge < -0.3 is 25.0 Å². The van der Waals surface area contributed by atoms with E-state index in [1.54, 1.807) is 37.8 Å². The third-order valence-electron chi connectivity index (χ3n) is 4.79. The molecule has 9 nitrogen and oxygen atoms in total. The first kappa shape index (κ1) is 20.9. The number of carbonyl (C=O) groups excluding carboxylic acids is 3. The van der Waals surface area contributed by atoms with Crippen molar-refractivity contribution in [3.63, 3.8) is 0 Å². The van der Waals surface area contributed by atoms with E-state index in [0.29, 0.717) is 5.69 Å². The molecule has 2 saturated heterocycles. The number of ether oxygens (including phenoxy) is 2. The molecule has 0 spiro atoms. The summed E-state index contributed by atoms with van der Waals surface area (Å²) < 4.78 is 10.7. The van der Waals surface area contributed by atoms with Crippen LogP contribution in [0.2, 0.25) is 0 Å². The van der Waals surface area contributed by atoms with Gasteiger partial charge in [0.1, 0.15) is 18.2 Å². The number of rotatable bonds is 4. The van der Waals surface area contributed by atoms with Crippen molar-refractivity contribution in [2.75, 3.05) is 25.0 Å². The van der Waals surface area contributed by atoms with E-state index in [-0.39, 0.29) is 31.1 Å². The number of hydrogen-bond donors (Lipinski definition) is 3. The second-order valence-corrected chi connectivity index (χ2v) is 8.17. The van der Waals surface area contributed by atoms with Crippen molar-refractivity contribution in [2.45, 2.75) is 51.0 Å². The molecular weight excluding hydrogens is 376 g/mol. The predicted molar refractivity (Wildman–Crippen MR) is 106 cm³/mol. The molecule has 29 heavy (non-hydrogen) atoms. The summed E-state index contributed by atoms with van der Waals surface area (Å²) in [6.07, 6.45) is -0.893. The van der Waals surface area contributed by atoms with Crippen LogP contribution in [0.3, 0.4) is 0 Å². The number of fused-ring (bicyclic) bond motifs is 1. The van der Waals surface area contributed by atoms with Gasteiger partial charge in [0.15, 0.2) is 0 Å². The molecule has 9 heteroatoms. The molecule has 3 rings (SSSR count).